The molecule has 0 amide bonds. The molecule has 0 atom stereocenters. The van der Waals surface area contributed by atoms with Gasteiger partial charge in [0.2, 0.25) is 0 Å². The number of hydrazone groups is 1. The number of nitrogens with one attached hydrogen (secondary N) is 1. The van der Waals surface area contributed by atoms with Gasteiger partial charge >= 0.3 is 0 Å². The van der Waals surface area contributed by atoms with Crippen LogP contribution in [0.15, 0.2) is 71.8 Å². The van der Waals surface area contributed by atoms with Gasteiger partial charge in [0.15, 0.2) is 0 Å². The van der Waals surface area contributed by atoms with Gasteiger partial charge in [-0.1, -0.05) is 89.4 Å². The normalized spacial score (nSPS) is 11.0. The first-order valence-electron chi connectivity index (χ1n) is 7.22. The van der Waals surface area contributed by atoms with Crippen molar-refractivity contribution in [1.82, 2.24) is 0 Å². The van der Waals surface area contributed by atoms with Crippen LogP contribution in [0.25, 0.3) is 11.1 Å². The third kappa shape index (κ3) is 4.09. The number of rotatable bonds is 4. The SMILES string of the molecule is Clc1cc(Cl)c(N/N=C\c2ccc(-c3ccccc3)cc2)c(Cl)c1. The highest BCUT2D eigenvalue weighted by molar-refractivity contribution is 6.41. The van der Waals surface area contributed by atoms with E-state index in [0.29, 0.717) is 20.8 Å². The Labute approximate surface area is 155 Å². The maximum atomic E-state index is 6.10. The van der Waals surface area contributed by atoms with Crippen molar-refractivity contribution in [2.45, 2.75) is 0 Å². The minimum atomic E-state index is 0.420. The minimum absolute atomic E-state index is 0.420. The summed E-state index contributed by atoms with van der Waals surface area (Å²) >= 11 is 18.1. The number of halogens is 3. The van der Waals surface area contributed by atoms with Gasteiger partial charge in [-0.3, -0.25) is 5.43 Å². The van der Waals surface area contributed by atoms with Crippen LogP contribution in [0.4, 0.5) is 5.69 Å². The molecule has 120 valence electrons. The van der Waals surface area contributed by atoms with E-state index in [1.54, 1.807) is 18.3 Å². The zero-order chi connectivity index (χ0) is 16.9. The third-order valence-corrected chi connectivity index (χ3v) is 4.23. The second-order valence-electron chi connectivity index (χ2n) is 5.10. The van der Waals surface area contributed by atoms with E-state index in [9.17, 15) is 0 Å². The minimum Gasteiger partial charge on any atom is -0.275 e. The summed E-state index contributed by atoms with van der Waals surface area (Å²) in [5, 5.41) is 5.50. The molecule has 0 spiro atoms. The zero-order valence-electron chi connectivity index (χ0n) is 12.5. The Morgan fingerprint density at radius 2 is 1.33 bits per heavy atom. The zero-order valence-corrected chi connectivity index (χ0v) is 14.8. The molecule has 0 unspecified atom stereocenters. The topological polar surface area (TPSA) is 24.4 Å². The average Bonchev–Trinajstić information content (AvgIpc) is 2.58. The van der Waals surface area contributed by atoms with Crippen LogP contribution in [0.2, 0.25) is 15.1 Å². The molecule has 0 aromatic heterocycles. The van der Waals surface area contributed by atoms with Gasteiger partial charge in [-0.05, 0) is 28.8 Å². The Hall–Kier alpha value is -2.00. The predicted octanol–water partition coefficient (Wildman–Crippen LogP) is 6.76. The van der Waals surface area contributed by atoms with Crippen molar-refractivity contribution >= 4 is 46.7 Å². The van der Waals surface area contributed by atoms with Gasteiger partial charge in [0, 0.05) is 5.02 Å². The van der Waals surface area contributed by atoms with E-state index in [0.717, 1.165) is 11.1 Å². The molecule has 3 aromatic carbocycles. The first-order valence-corrected chi connectivity index (χ1v) is 8.36. The van der Waals surface area contributed by atoms with Crippen LogP contribution in [0.1, 0.15) is 5.56 Å². The lowest BCUT2D eigenvalue weighted by Gasteiger charge is -2.06. The highest BCUT2D eigenvalue weighted by Gasteiger charge is 2.06. The van der Waals surface area contributed by atoms with Gasteiger partial charge in [-0.25, -0.2) is 0 Å². The molecule has 5 heteroatoms. The summed E-state index contributed by atoms with van der Waals surface area (Å²) < 4.78 is 0. The van der Waals surface area contributed by atoms with Crippen molar-refractivity contribution in [1.29, 1.82) is 0 Å². The summed E-state index contributed by atoms with van der Waals surface area (Å²) in [7, 11) is 0. The van der Waals surface area contributed by atoms with Crippen molar-refractivity contribution in [3.8, 4) is 11.1 Å². The monoisotopic (exact) mass is 374 g/mol. The third-order valence-electron chi connectivity index (χ3n) is 3.41. The Morgan fingerprint density at radius 1 is 0.750 bits per heavy atom. The summed E-state index contributed by atoms with van der Waals surface area (Å²) in [5.74, 6) is 0. The number of nitrogens with zero attached hydrogens (tertiary/aromatic N) is 1. The van der Waals surface area contributed by atoms with Crippen LogP contribution in [-0.4, -0.2) is 6.21 Å². The molecular weight excluding hydrogens is 363 g/mol. The Bertz CT molecular complexity index is 837. The first kappa shape index (κ1) is 16.8. The molecule has 2 nitrogen and oxygen atoms in total. The van der Waals surface area contributed by atoms with Crippen LogP contribution >= 0.6 is 34.8 Å². The van der Waals surface area contributed by atoms with Crippen LogP contribution in [0.5, 0.6) is 0 Å². The quantitative estimate of drug-likeness (QED) is 0.395. The van der Waals surface area contributed by atoms with Crippen molar-refractivity contribution in [2.75, 3.05) is 5.43 Å². The highest BCUT2D eigenvalue weighted by Crippen LogP contribution is 2.33. The van der Waals surface area contributed by atoms with E-state index in [-0.39, 0.29) is 0 Å². The molecular formula is C19H13Cl3N2. The number of benzene rings is 3. The standard InChI is InChI=1S/C19H13Cl3N2/c20-16-10-17(21)19(18(22)11-16)24-23-12-13-6-8-15(9-7-13)14-4-2-1-3-5-14/h1-12,24H/b23-12-. The largest absolute Gasteiger partial charge is 0.275 e. The van der Waals surface area contributed by atoms with E-state index in [2.05, 4.69) is 34.8 Å². The maximum Gasteiger partial charge on any atom is 0.0935 e. The lowest BCUT2D eigenvalue weighted by atomic mass is 10.0. The second-order valence-corrected chi connectivity index (χ2v) is 6.35. The van der Waals surface area contributed by atoms with Crippen molar-refractivity contribution in [3.05, 3.63) is 87.4 Å². The summed E-state index contributed by atoms with van der Waals surface area (Å²) in [4.78, 5) is 0. The van der Waals surface area contributed by atoms with Crippen LogP contribution in [0, 0.1) is 0 Å². The van der Waals surface area contributed by atoms with E-state index < -0.39 is 0 Å². The summed E-state index contributed by atoms with van der Waals surface area (Å²) in [5.41, 5.74) is 6.68. The fraction of sp³-hybridized carbons (Fsp3) is 0. The maximum absolute atomic E-state index is 6.10. The lowest BCUT2D eigenvalue weighted by molar-refractivity contribution is 1.35. The molecule has 0 aliphatic heterocycles. The summed E-state index contributed by atoms with van der Waals surface area (Å²) in [6.07, 6.45) is 1.70. The van der Waals surface area contributed by atoms with Gasteiger partial charge in [0.25, 0.3) is 0 Å². The van der Waals surface area contributed by atoms with Gasteiger partial charge in [-0.2, -0.15) is 5.10 Å². The number of anilines is 1. The van der Waals surface area contributed by atoms with Crippen LogP contribution < -0.4 is 5.43 Å². The molecule has 0 aliphatic rings. The number of hydrogen-bond donors (Lipinski definition) is 1. The smallest absolute Gasteiger partial charge is 0.0935 e. The molecule has 0 saturated heterocycles. The Morgan fingerprint density at radius 3 is 1.96 bits per heavy atom. The van der Waals surface area contributed by atoms with Crippen LogP contribution in [0.3, 0.4) is 0 Å². The molecule has 0 radical (unpaired) electrons. The second kappa shape index (κ2) is 7.71. The van der Waals surface area contributed by atoms with E-state index in [1.165, 1.54) is 5.56 Å². The van der Waals surface area contributed by atoms with E-state index in [4.69, 9.17) is 34.8 Å². The number of hydrogen-bond acceptors (Lipinski definition) is 2. The fourth-order valence-electron chi connectivity index (χ4n) is 2.21. The lowest BCUT2D eigenvalue weighted by Crippen LogP contribution is -1.93. The average molecular weight is 376 g/mol. The van der Waals surface area contributed by atoms with E-state index in [1.807, 2.05) is 30.3 Å². The molecule has 3 rings (SSSR count). The Balaban J connectivity index is 1.72. The van der Waals surface area contributed by atoms with Crippen molar-refractivity contribution in [2.24, 2.45) is 5.10 Å². The van der Waals surface area contributed by atoms with Gasteiger partial charge in [0.1, 0.15) is 0 Å². The van der Waals surface area contributed by atoms with Gasteiger partial charge in [0.05, 0.1) is 21.9 Å². The summed E-state index contributed by atoms with van der Waals surface area (Å²) in [6.45, 7) is 0. The Kier molecular flexibility index (Phi) is 5.41. The predicted molar refractivity (Wildman–Crippen MR) is 105 cm³/mol. The molecule has 0 heterocycles. The first-order chi connectivity index (χ1) is 11.6. The van der Waals surface area contributed by atoms with Gasteiger partial charge < -0.3 is 0 Å². The molecule has 0 aliphatic carbocycles. The van der Waals surface area contributed by atoms with Crippen molar-refractivity contribution < 1.29 is 0 Å². The molecule has 0 bridgehead atoms. The molecule has 1 N–H and O–H groups in total. The highest BCUT2D eigenvalue weighted by atomic mass is 35.5. The fourth-order valence-corrected chi connectivity index (χ4v) is 3.11. The molecule has 0 fully saturated rings. The van der Waals surface area contributed by atoms with Crippen molar-refractivity contribution in [3.63, 3.8) is 0 Å². The summed E-state index contributed by atoms with van der Waals surface area (Å²) in [6, 6.07) is 21.5. The molecule has 3 aromatic rings. The molecule has 24 heavy (non-hydrogen) atoms. The molecule has 0 saturated carbocycles. The van der Waals surface area contributed by atoms with E-state index >= 15 is 0 Å². The van der Waals surface area contributed by atoms with Crippen LogP contribution in [-0.2, 0) is 0 Å². The van der Waals surface area contributed by atoms with Gasteiger partial charge in [-0.15, -0.1) is 0 Å².